The van der Waals surface area contributed by atoms with Crippen LogP contribution in [0, 0.1) is 0 Å². The number of rotatable bonds is 0. The maximum atomic E-state index is 6.06. The van der Waals surface area contributed by atoms with E-state index in [1.807, 2.05) is 0 Å². The Morgan fingerprint density at radius 3 is 2.85 bits per heavy atom. The van der Waals surface area contributed by atoms with Gasteiger partial charge in [0.05, 0.1) is 0 Å². The van der Waals surface area contributed by atoms with E-state index in [9.17, 15) is 0 Å². The second-order valence-electron chi connectivity index (χ2n) is 3.86. The lowest BCUT2D eigenvalue weighted by Crippen LogP contribution is -2.19. The van der Waals surface area contributed by atoms with Gasteiger partial charge in [-0.05, 0) is 42.0 Å². The molecule has 1 aromatic carbocycles. The summed E-state index contributed by atoms with van der Waals surface area (Å²) in [7, 11) is 0. The topological polar surface area (TPSA) is 26.0 Å². The average molecular weight is 240 g/mol. The number of fused-ring (bicyclic) bond motifs is 1. The van der Waals surface area contributed by atoms with Crippen molar-refractivity contribution in [3.05, 3.63) is 33.8 Å². The minimum atomic E-state index is 0.240. The molecular weight excluding hydrogens is 226 g/mol. The summed E-state index contributed by atoms with van der Waals surface area (Å²) in [5.41, 5.74) is 8.82. The molecule has 0 saturated heterocycles. The highest BCUT2D eigenvalue weighted by molar-refractivity contribution is 9.10. The number of benzene rings is 1. The van der Waals surface area contributed by atoms with Crippen molar-refractivity contribution in [1.29, 1.82) is 0 Å². The van der Waals surface area contributed by atoms with Gasteiger partial charge in [0.1, 0.15) is 0 Å². The molecule has 0 saturated carbocycles. The van der Waals surface area contributed by atoms with E-state index in [0.29, 0.717) is 5.92 Å². The van der Waals surface area contributed by atoms with Crippen molar-refractivity contribution in [3.8, 4) is 0 Å². The lowest BCUT2D eigenvalue weighted by atomic mass is 9.81. The molecule has 13 heavy (non-hydrogen) atoms. The first kappa shape index (κ1) is 9.22. The van der Waals surface area contributed by atoms with E-state index in [1.165, 1.54) is 17.5 Å². The van der Waals surface area contributed by atoms with Crippen LogP contribution in [0.4, 0.5) is 0 Å². The van der Waals surface area contributed by atoms with Crippen molar-refractivity contribution in [2.24, 2.45) is 5.73 Å². The van der Waals surface area contributed by atoms with E-state index in [1.54, 1.807) is 0 Å². The zero-order chi connectivity index (χ0) is 9.42. The maximum Gasteiger partial charge on any atom is 0.0298 e. The fourth-order valence-corrected chi connectivity index (χ4v) is 2.43. The van der Waals surface area contributed by atoms with Gasteiger partial charge in [-0.1, -0.05) is 28.9 Å². The first-order valence-electron chi connectivity index (χ1n) is 4.73. The Balaban J connectivity index is 2.50. The Kier molecular flexibility index (Phi) is 2.43. The summed E-state index contributed by atoms with van der Waals surface area (Å²) in [4.78, 5) is 0. The number of nitrogens with two attached hydrogens (primary N) is 1. The van der Waals surface area contributed by atoms with Crippen molar-refractivity contribution >= 4 is 15.9 Å². The first-order valence-corrected chi connectivity index (χ1v) is 5.52. The van der Waals surface area contributed by atoms with Crippen molar-refractivity contribution in [2.75, 3.05) is 0 Å². The largest absolute Gasteiger partial charge is 0.324 e. The second kappa shape index (κ2) is 3.43. The maximum absolute atomic E-state index is 6.06. The summed E-state index contributed by atoms with van der Waals surface area (Å²) in [6, 6.07) is 6.70. The van der Waals surface area contributed by atoms with E-state index in [0.717, 1.165) is 10.9 Å². The van der Waals surface area contributed by atoms with Gasteiger partial charge in [0.2, 0.25) is 0 Å². The summed E-state index contributed by atoms with van der Waals surface area (Å²) in [6.45, 7) is 2.28. The third kappa shape index (κ3) is 1.65. The van der Waals surface area contributed by atoms with Gasteiger partial charge >= 0.3 is 0 Å². The monoisotopic (exact) mass is 239 g/mol. The number of hydrogen-bond donors (Lipinski definition) is 1. The second-order valence-corrected chi connectivity index (χ2v) is 4.77. The highest BCUT2D eigenvalue weighted by Crippen LogP contribution is 2.37. The summed E-state index contributed by atoms with van der Waals surface area (Å²) in [5, 5.41) is 0. The van der Waals surface area contributed by atoms with E-state index < -0.39 is 0 Å². The normalized spacial score (nSPS) is 27.0. The van der Waals surface area contributed by atoms with E-state index in [4.69, 9.17) is 5.73 Å². The fourth-order valence-electron chi connectivity index (χ4n) is 2.06. The first-order chi connectivity index (χ1) is 6.18. The molecule has 0 bridgehead atoms. The van der Waals surface area contributed by atoms with Crippen molar-refractivity contribution in [2.45, 2.75) is 31.7 Å². The van der Waals surface area contributed by atoms with Crippen LogP contribution in [0.3, 0.4) is 0 Å². The minimum Gasteiger partial charge on any atom is -0.324 e. The summed E-state index contributed by atoms with van der Waals surface area (Å²) in [5.74, 6) is 0.669. The van der Waals surface area contributed by atoms with Crippen LogP contribution >= 0.6 is 15.9 Å². The van der Waals surface area contributed by atoms with Crippen LogP contribution in [0.15, 0.2) is 22.7 Å². The standard InChI is InChI=1S/C11H14BrN/c1-7-2-5-11(13)10-6-8(12)3-4-9(7)10/h3-4,6-7,11H,2,5,13H2,1H3. The summed E-state index contributed by atoms with van der Waals surface area (Å²) < 4.78 is 1.14. The quantitative estimate of drug-likeness (QED) is 0.739. The molecule has 0 radical (unpaired) electrons. The van der Waals surface area contributed by atoms with Gasteiger partial charge in [-0.3, -0.25) is 0 Å². The van der Waals surface area contributed by atoms with Crippen LogP contribution in [0.5, 0.6) is 0 Å². The highest BCUT2D eigenvalue weighted by atomic mass is 79.9. The molecule has 0 heterocycles. The Labute approximate surface area is 87.5 Å². The summed E-state index contributed by atoms with van der Waals surface area (Å²) in [6.07, 6.45) is 2.33. The molecule has 2 atom stereocenters. The molecule has 2 heteroatoms. The highest BCUT2D eigenvalue weighted by Gasteiger charge is 2.21. The Morgan fingerprint density at radius 1 is 1.31 bits per heavy atom. The molecule has 0 aliphatic heterocycles. The van der Waals surface area contributed by atoms with Gasteiger partial charge in [0, 0.05) is 10.5 Å². The summed E-state index contributed by atoms with van der Waals surface area (Å²) >= 11 is 3.48. The van der Waals surface area contributed by atoms with Gasteiger partial charge in [-0.2, -0.15) is 0 Å². The van der Waals surface area contributed by atoms with Crippen LogP contribution in [0.1, 0.15) is 42.9 Å². The van der Waals surface area contributed by atoms with Gasteiger partial charge in [-0.25, -0.2) is 0 Å². The third-order valence-corrected chi connectivity index (χ3v) is 3.38. The van der Waals surface area contributed by atoms with Crippen LogP contribution < -0.4 is 5.73 Å². The van der Waals surface area contributed by atoms with Gasteiger partial charge < -0.3 is 5.73 Å². The van der Waals surface area contributed by atoms with E-state index >= 15 is 0 Å². The Bertz CT molecular complexity index is 322. The molecule has 0 amide bonds. The average Bonchev–Trinajstić information content (AvgIpc) is 2.12. The van der Waals surface area contributed by atoms with Crippen LogP contribution in [0.25, 0.3) is 0 Å². The van der Waals surface area contributed by atoms with E-state index in [-0.39, 0.29) is 6.04 Å². The molecule has 70 valence electrons. The fraction of sp³-hybridized carbons (Fsp3) is 0.455. The molecule has 2 unspecified atom stereocenters. The molecule has 0 aromatic heterocycles. The van der Waals surface area contributed by atoms with Crippen LogP contribution in [-0.4, -0.2) is 0 Å². The van der Waals surface area contributed by atoms with Crippen LogP contribution in [-0.2, 0) is 0 Å². The number of hydrogen-bond acceptors (Lipinski definition) is 1. The molecular formula is C11H14BrN. The third-order valence-electron chi connectivity index (χ3n) is 2.89. The molecule has 1 aliphatic carbocycles. The van der Waals surface area contributed by atoms with E-state index in [2.05, 4.69) is 41.1 Å². The molecule has 0 spiro atoms. The Morgan fingerprint density at radius 2 is 2.08 bits per heavy atom. The predicted octanol–water partition coefficient (Wildman–Crippen LogP) is 3.35. The SMILES string of the molecule is CC1CCC(N)c2cc(Br)ccc21. The molecule has 1 aliphatic rings. The zero-order valence-electron chi connectivity index (χ0n) is 7.76. The lowest BCUT2D eigenvalue weighted by Gasteiger charge is -2.27. The smallest absolute Gasteiger partial charge is 0.0298 e. The van der Waals surface area contributed by atoms with Gasteiger partial charge in [-0.15, -0.1) is 0 Å². The molecule has 1 nitrogen and oxygen atoms in total. The number of halogens is 1. The lowest BCUT2D eigenvalue weighted by molar-refractivity contribution is 0.513. The van der Waals surface area contributed by atoms with Gasteiger partial charge in [0.15, 0.2) is 0 Å². The molecule has 0 fully saturated rings. The molecule has 2 rings (SSSR count). The predicted molar refractivity (Wildman–Crippen MR) is 58.7 cm³/mol. The molecule has 1 aromatic rings. The van der Waals surface area contributed by atoms with Gasteiger partial charge in [0.25, 0.3) is 0 Å². The Hall–Kier alpha value is -0.340. The van der Waals surface area contributed by atoms with Crippen molar-refractivity contribution in [3.63, 3.8) is 0 Å². The van der Waals surface area contributed by atoms with Crippen molar-refractivity contribution in [1.82, 2.24) is 0 Å². The molecule has 2 N–H and O–H groups in total. The van der Waals surface area contributed by atoms with Crippen LogP contribution in [0.2, 0.25) is 0 Å². The zero-order valence-corrected chi connectivity index (χ0v) is 9.34. The van der Waals surface area contributed by atoms with Crippen molar-refractivity contribution < 1.29 is 0 Å². The minimum absolute atomic E-state index is 0.240.